The normalized spacial score (nSPS) is 15.2. The van der Waals surface area contributed by atoms with Crippen molar-refractivity contribution >= 4 is 101 Å². The Kier molecular flexibility index (Phi) is 8.99. The molecule has 3 aromatic rings. The van der Waals surface area contributed by atoms with Gasteiger partial charge in [0.05, 0.1) is 40.5 Å². The molecule has 14 heteroatoms. The Balaban J connectivity index is 1.81. The number of halogens is 3. The lowest BCUT2D eigenvalue weighted by molar-refractivity contribution is -0.666. The smallest absolute Gasteiger partial charge is 0.375 e. The average molecular weight is 712 g/mol. The Bertz CT molecular complexity index is 1560. The van der Waals surface area contributed by atoms with E-state index in [0.717, 1.165) is 25.7 Å². The molecule has 1 aromatic carbocycles. The summed E-state index contributed by atoms with van der Waals surface area (Å²) in [4.78, 5) is 16.2. The molecular weight excluding hydrogens is 688 g/mol. The molecule has 1 N–H and O–H groups in total. The summed E-state index contributed by atoms with van der Waals surface area (Å²) in [6, 6.07) is 5.38. The van der Waals surface area contributed by atoms with Gasteiger partial charge in [0.1, 0.15) is 5.82 Å². The number of oxazole rings is 1. The molecule has 0 atom stereocenters. The largest absolute Gasteiger partial charge is 0.748 e. The number of aromatic nitrogens is 1. The number of carboxylic acid groups (broad SMARTS) is 1. The Morgan fingerprint density at radius 3 is 2.45 bits per heavy atom. The van der Waals surface area contributed by atoms with Crippen molar-refractivity contribution in [3.05, 3.63) is 54.5 Å². The van der Waals surface area contributed by atoms with Crippen LogP contribution in [-0.4, -0.2) is 42.9 Å². The minimum atomic E-state index is -4.37. The number of nitrogens with zero attached hydrogens (tertiary/aromatic N) is 3. The Morgan fingerprint density at radius 2 is 1.87 bits per heavy atom. The quantitative estimate of drug-likeness (QED) is 0.162. The first-order valence-corrected chi connectivity index (χ1v) is 15.9. The molecule has 0 aliphatic carbocycles. The molecule has 0 bridgehead atoms. The van der Waals surface area contributed by atoms with Crippen molar-refractivity contribution in [2.75, 3.05) is 28.6 Å². The molecule has 1 aliphatic rings. The monoisotopic (exact) mass is 711 g/mol. The van der Waals surface area contributed by atoms with E-state index in [4.69, 9.17) is 27.6 Å². The van der Waals surface area contributed by atoms with Crippen LogP contribution >= 0.6 is 57.1 Å². The summed E-state index contributed by atoms with van der Waals surface area (Å²) in [5.41, 5.74) is 3.12. The highest BCUT2D eigenvalue weighted by Crippen LogP contribution is 2.46. The number of thiophene rings is 1. The van der Waals surface area contributed by atoms with E-state index in [1.807, 2.05) is 41.9 Å². The summed E-state index contributed by atoms with van der Waals surface area (Å²) in [5.74, 6) is -0.313. The molecule has 0 radical (unpaired) electrons. The summed E-state index contributed by atoms with van der Waals surface area (Å²) in [6.45, 7) is 4.54. The van der Waals surface area contributed by atoms with Crippen molar-refractivity contribution in [3.63, 3.8) is 0 Å². The molecule has 0 fully saturated rings. The fourth-order valence-electron chi connectivity index (χ4n) is 4.32. The van der Waals surface area contributed by atoms with Gasteiger partial charge in [0.25, 0.3) is 10.4 Å². The maximum absolute atomic E-state index is 11.6. The van der Waals surface area contributed by atoms with Gasteiger partial charge in [-0.1, -0.05) is 41.5 Å². The van der Waals surface area contributed by atoms with Crippen LogP contribution in [0.1, 0.15) is 32.6 Å². The SMILES string of the molecule is CCC(=Cc1oc2sc(I)cc2[n+]1CC(=O)O)C=C1N(CC)c2cc(Cl)c(Cl)cc2N1CCCS(=O)(=O)[O-]. The number of benzene rings is 1. The van der Waals surface area contributed by atoms with E-state index in [2.05, 4.69) is 22.6 Å². The van der Waals surface area contributed by atoms with E-state index in [-0.39, 0.29) is 19.5 Å². The standard InChI is InChI=1S/C24H24Cl2IN3O6S2/c1-3-14(9-22-30(13-23(31)32)19-12-20(27)37-24(19)36-22)8-21-28(4-2)17-10-15(25)16(26)11-18(17)29(21)6-5-7-38(33,34)35/h8-12H,3-7,13H2,1-2H3,(H-,31,32,33,34,35). The number of hydrogen-bond donors (Lipinski definition) is 1. The Hall–Kier alpha value is -1.84. The van der Waals surface area contributed by atoms with E-state index in [1.54, 1.807) is 16.7 Å². The first-order chi connectivity index (χ1) is 17.9. The first kappa shape index (κ1) is 29.2. The van der Waals surface area contributed by atoms with Gasteiger partial charge in [0, 0.05) is 24.9 Å². The molecule has 0 saturated heterocycles. The van der Waals surface area contributed by atoms with E-state index >= 15 is 0 Å². The lowest BCUT2D eigenvalue weighted by Gasteiger charge is -2.25. The maximum Gasteiger partial charge on any atom is 0.375 e. The number of carbonyl (C=O) groups is 1. The second-order valence-electron chi connectivity index (χ2n) is 8.49. The third kappa shape index (κ3) is 6.31. The molecule has 0 unspecified atom stereocenters. The lowest BCUT2D eigenvalue weighted by Crippen LogP contribution is -2.39. The number of aliphatic carboxylic acids is 1. The van der Waals surface area contributed by atoms with Crippen LogP contribution in [-0.2, 0) is 21.5 Å². The van der Waals surface area contributed by atoms with E-state index < -0.39 is 21.8 Å². The van der Waals surface area contributed by atoms with Crippen LogP contribution in [0.25, 0.3) is 16.5 Å². The zero-order chi connectivity index (χ0) is 27.8. The minimum absolute atomic E-state index is 0.122. The number of fused-ring (bicyclic) bond motifs is 2. The van der Waals surface area contributed by atoms with Crippen molar-refractivity contribution < 1.29 is 31.9 Å². The van der Waals surface area contributed by atoms with Crippen molar-refractivity contribution in [2.45, 2.75) is 33.2 Å². The second kappa shape index (κ2) is 11.7. The highest BCUT2D eigenvalue weighted by Gasteiger charge is 2.32. The first-order valence-electron chi connectivity index (χ1n) is 11.6. The highest BCUT2D eigenvalue weighted by atomic mass is 127. The number of anilines is 2. The second-order valence-corrected chi connectivity index (χ2v) is 13.7. The molecule has 0 spiro atoms. The Morgan fingerprint density at radius 1 is 1.21 bits per heavy atom. The van der Waals surface area contributed by atoms with Gasteiger partial charge in [-0.3, -0.25) is 0 Å². The van der Waals surface area contributed by atoms with Crippen LogP contribution < -0.4 is 14.4 Å². The molecule has 0 amide bonds. The molecule has 38 heavy (non-hydrogen) atoms. The van der Waals surface area contributed by atoms with E-state index in [0.29, 0.717) is 39.3 Å². The number of hydrogen-bond acceptors (Lipinski definition) is 8. The molecule has 3 heterocycles. The zero-order valence-electron chi connectivity index (χ0n) is 20.4. The van der Waals surface area contributed by atoms with Crippen molar-refractivity contribution in [1.82, 2.24) is 0 Å². The number of carboxylic acids is 1. The molecule has 1 aliphatic heterocycles. The van der Waals surface area contributed by atoms with Crippen molar-refractivity contribution in [1.29, 1.82) is 0 Å². The van der Waals surface area contributed by atoms with Crippen LogP contribution in [0.4, 0.5) is 11.4 Å². The number of allylic oxidation sites excluding steroid dienone is 2. The molecule has 0 saturated carbocycles. The van der Waals surface area contributed by atoms with Gasteiger partial charge in [0.2, 0.25) is 6.54 Å². The molecule has 204 valence electrons. The average Bonchev–Trinajstić information content (AvgIpc) is 3.42. The fraction of sp³-hybridized carbons (Fsp3) is 0.333. The molecule has 2 aromatic heterocycles. The van der Waals surface area contributed by atoms with Gasteiger partial charge >= 0.3 is 11.9 Å². The third-order valence-electron chi connectivity index (χ3n) is 5.97. The topological polar surface area (TPSA) is 118 Å². The van der Waals surface area contributed by atoms with Gasteiger partial charge in [-0.2, -0.15) is 0 Å². The summed E-state index contributed by atoms with van der Waals surface area (Å²) in [5, 5.41) is 10.2. The summed E-state index contributed by atoms with van der Waals surface area (Å²) < 4.78 is 42.4. The third-order valence-corrected chi connectivity index (χ3v) is 9.25. The Labute approximate surface area is 247 Å². The van der Waals surface area contributed by atoms with E-state index in [9.17, 15) is 22.9 Å². The van der Waals surface area contributed by atoms with Crippen molar-refractivity contribution in [2.24, 2.45) is 0 Å². The van der Waals surface area contributed by atoms with Crippen LogP contribution in [0.3, 0.4) is 0 Å². The van der Waals surface area contributed by atoms with Gasteiger partial charge in [-0.15, -0.1) is 4.57 Å². The van der Waals surface area contributed by atoms with Crippen LogP contribution in [0, 0.1) is 2.88 Å². The maximum atomic E-state index is 11.6. The van der Waals surface area contributed by atoms with Gasteiger partial charge < -0.3 is 23.9 Å². The summed E-state index contributed by atoms with van der Waals surface area (Å²) >= 11 is 16.3. The predicted octanol–water partition coefficient (Wildman–Crippen LogP) is 5.69. The van der Waals surface area contributed by atoms with Crippen LogP contribution in [0.2, 0.25) is 10.0 Å². The minimum Gasteiger partial charge on any atom is -0.748 e. The van der Waals surface area contributed by atoms with Crippen molar-refractivity contribution in [3.8, 4) is 0 Å². The van der Waals surface area contributed by atoms with E-state index in [1.165, 1.54) is 11.3 Å². The zero-order valence-corrected chi connectivity index (χ0v) is 25.7. The van der Waals surface area contributed by atoms with Gasteiger partial charge in [-0.25, -0.2) is 13.2 Å². The van der Waals surface area contributed by atoms with Gasteiger partial charge in [0.15, 0.2) is 0 Å². The molecule has 4 rings (SSSR count). The summed E-state index contributed by atoms with van der Waals surface area (Å²) in [6.07, 6.45) is 4.48. The van der Waals surface area contributed by atoms with Crippen LogP contribution in [0.15, 0.2) is 40.1 Å². The highest BCUT2D eigenvalue weighted by molar-refractivity contribution is 14.1. The fourth-order valence-corrected chi connectivity index (χ4v) is 6.76. The summed E-state index contributed by atoms with van der Waals surface area (Å²) in [7, 11) is -4.37. The molecule has 9 nitrogen and oxygen atoms in total. The lowest BCUT2D eigenvalue weighted by atomic mass is 10.1. The molecular formula is C24H24Cl2IN3O6S2. The van der Waals surface area contributed by atoms with Crippen LogP contribution in [0.5, 0.6) is 0 Å². The van der Waals surface area contributed by atoms with Gasteiger partial charge in [-0.05, 0) is 66.1 Å². The predicted molar refractivity (Wildman–Crippen MR) is 157 cm³/mol. The number of rotatable bonds is 10.